The Morgan fingerprint density at radius 3 is 2.39 bits per heavy atom. The molecule has 0 saturated carbocycles. The zero-order chi connectivity index (χ0) is 20.3. The van der Waals surface area contributed by atoms with Crippen LogP contribution < -0.4 is 10.6 Å². The maximum Gasteiger partial charge on any atom is 0.257 e. The highest BCUT2D eigenvalue weighted by Gasteiger charge is 2.11. The molecular weight excluding hydrogens is 372 g/mol. The van der Waals surface area contributed by atoms with E-state index in [0.717, 1.165) is 27.9 Å². The van der Waals surface area contributed by atoms with Crippen LogP contribution in [0, 0.1) is 20.8 Å². The minimum Gasteiger partial charge on any atom is -0.459 e. The Labute approximate surface area is 169 Å². The molecular formula is C22H22N2O3S. The standard InChI is InChI=1S/C22H22N2O3S/c1-13-8-14(2)10-17(9-13)21(26)24-22(28)23-19-11-16(5-4-15(19)3)20-7-6-18(12-25)27-20/h4-11,25H,12H2,1-3H3,(H2,23,24,26,28). The van der Waals surface area contributed by atoms with Crippen LogP contribution in [0.15, 0.2) is 52.9 Å². The van der Waals surface area contributed by atoms with Crippen molar-refractivity contribution in [1.29, 1.82) is 0 Å². The number of hydrogen-bond acceptors (Lipinski definition) is 4. The van der Waals surface area contributed by atoms with E-state index in [1.54, 1.807) is 12.1 Å². The highest BCUT2D eigenvalue weighted by Crippen LogP contribution is 2.27. The van der Waals surface area contributed by atoms with Crippen molar-refractivity contribution < 1.29 is 14.3 Å². The largest absolute Gasteiger partial charge is 0.459 e. The predicted molar refractivity (Wildman–Crippen MR) is 114 cm³/mol. The van der Waals surface area contributed by atoms with E-state index in [-0.39, 0.29) is 17.6 Å². The second-order valence-corrected chi connectivity index (χ2v) is 7.15. The minimum atomic E-state index is -0.253. The molecule has 2 aromatic carbocycles. The Hall–Kier alpha value is -2.96. The van der Waals surface area contributed by atoms with E-state index in [0.29, 0.717) is 17.1 Å². The third-order valence-electron chi connectivity index (χ3n) is 4.30. The number of hydrogen-bond donors (Lipinski definition) is 3. The second kappa shape index (κ2) is 8.37. The number of nitrogens with one attached hydrogen (secondary N) is 2. The normalized spacial score (nSPS) is 10.6. The fraction of sp³-hybridized carbons (Fsp3) is 0.182. The number of carbonyl (C=O) groups is 1. The number of anilines is 1. The molecule has 0 radical (unpaired) electrons. The molecule has 0 atom stereocenters. The lowest BCUT2D eigenvalue weighted by Gasteiger charge is -2.13. The van der Waals surface area contributed by atoms with Gasteiger partial charge in [-0.25, -0.2) is 0 Å². The van der Waals surface area contributed by atoms with Crippen molar-refractivity contribution in [2.24, 2.45) is 0 Å². The van der Waals surface area contributed by atoms with Crippen molar-refractivity contribution in [2.45, 2.75) is 27.4 Å². The molecule has 1 amide bonds. The molecule has 0 unspecified atom stereocenters. The van der Waals surface area contributed by atoms with Crippen LogP contribution >= 0.6 is 12.2 Å². The van der Waals surface area contributed by atoms with Gasteiger partial charge in [0.15, 0.2) is 5.11 Å². The number of benzene rings is 2. The summed E-state index contributed by atoms with van der Waals surface area (Å²) in [5.41, 5.74) is 5.20. The Morgan fingerprint density at radius 2 is 1.75 bits per heavy atom. The van der Waals surface area contributed by atoms with E-state index < -0.39 is 0 Å². The predicted octanol–water partition coefficient (Wildman–Crippen LogP) is 4.49. The van der Waals surface area contributed by atoms with Gasteiger partial charge in [-0.05, 0) is 68.9 Å². The highest BCUT2D eigenvalue weighted by atomic mass is 32.1. The average Bonchev–Trinajstić information content (AvgIpc) is 3.12. The van der Waals surface area contributed by atoms with Gasteiger partial charge in [-0.2, -0.15) is 0 Å². The van der Waals surface area contributed by atoms with Crippen LogP contribution in [0.25, 0.3) is 11.3 Å². The summed E-state index contributed by atoms with van der Waals surface area (Å²) in [4.78, 5) is 12.5. The quantitative estimate of drug-likeness (QED) is 0.569. The van der Waals surface area contributed by atoms with Crippen molar-refractivity contribution in [1.82, 2.24) is 5.32 Å². The van der Waals surface area contributed by atoms with Gasteiger partial charge in [0, 0.05) is 16.8 Å². The third kappa shape index (κ3) is 4.65. The molecule has 144 valence electrons. The summed E-state index contributed by atoms with van der Waals surface area (Å²) in [6, 6.07) is 15.0. The summed E-state index contributed by atoms with van der Waals surface area (Å²) in [6.07, 6.45) is 0. The van der Waals surface area contributed by atoms with Gasteiger partial charge < -0.3 is 14.8 Å². The number of furan rings is 1. The highest BCUT2D eigenvalue weighted by molar-refractivity contribution is 7.80. The lowest BCUT2D eigenvalue weighted by molar-refractivity contribution is 0.0977. The minimum absolute atomic E-state index is 0.147. The molecule has 1 aromatic heterocycles. The van der Waals surface area contributed by atoms with Crippen LogP contribution in [0.3, 0.4) is 0 Å². The molecule has 6 heteroatoms. The molecule has 28 heavy (non-hydrogen) atoms. The molecule has 5 nitrogen and oxygen atoms in total. The molecule has 3 aromatic rings. The maximum absolute atomic E-state index is 12.5. The molecule has 0 saturated heterocycles. The van der Waals surface area contributed by atoms with E-state index in [9.17, 15) is 4.79 Å². The Kier molecular flexibility index (Phi) is 5.92. The SMILES string of the molecule is Cc1cc(C)cc(C(=O)NC(=S)Nc2cc(-c3ccc(CO)o3)ccc2C)c1. The molecule has 0 aliphatic rings. The summed E-state index contributed by atoms with van der Waals surface area (Å²) < 4.78 is 5.58. The molecule has 0 aliphatic carbocycles. The first-order chi connectivity index (χ1) is 13.4. The molecule has 0 spiro atoms. The summed E-state index contributed by atoms with van der Waals surface area (Å²) in [5, 5.41) is 15.2. The molecule has 0 bridgehead atoms. The summed E-state index contributed by atoms with van der Waals surface area (Å²) in [6.45, 7) is 5.70. The lowest BCUT2D eigenvalue weighted by Crippen LogP contribution is -2.34. The van der Waals surface area contributed by atoms with Gasteiger partial charge in [0.1, 0.15) is 18.1 Å². The van der Waals surface area contributed by atoms with Gasteiger partial charge in [0.2, 0.25) is 0 Å². The van der Waals surface area contributed by atoms with Crippen molar-refractivity contribution >= 4 is 28.9 Å². The number of thiocarbonyl (C=S) groups is 1. The molecule has 0 aliphatic heterocycles. The van der Waals surface area contributed by atoms with Gasteiger partial charge in [0.05, 0.1) is 0 Å². The Bertz CT molecular complexity index is 1020. The smallest absolute Gasteiger partial charge is 0.257 e. The van der Waals surface area contributed by atoms with Crippen molar-refractivity contribution in [2.75, 3.05) is 5.32 Å². The number of aryl methyl sites for hydroxylation is 3. The van der Waals surface area contributed by atoms with Crippen LogP contribution in [0.5, 0.6) is 0 Å². The average molecular weight is 394 g/mol. The first-order valence-electron chi connectivity index (χ1n) is 8.87. The van der Waals surface area contributed by atoms with E-state index in [1.807, 2.05) is 57.2 Å². The zero-order valence-corrected chi connectivity index (χ0v) is 16.8. The fourth-order valence-corrected chi connectivity index (χ4v) is 3.17. The monoisotopic (exact) mass is 394 g/mol. The van der Waals surface area contributed by atoms with Crippen LogP contribution in [0.2, 0.25) is 0 Å². The fourth-order valence-electron chi connectivity index (χ4n) is 2.96. The van der Waals surface area contributed by atoms with Crippen LogP contribution in [-0.4, -0.2) is 16.1 Å². The Morgan fingerprint density at radius 1 is 1.04 bits per heavy atom. The third-order valence-corrected chi connectivity index (χ3v) is 4.50. The molecule has 0 fully saturated rings. The van der Waals surface area contributed by atoms with E-state index in [4.69, 9.17) is 21.7 Å². The first kappa shape index (κ1) is 19.8. The van der Waals surface area contributed by atoms with Gasteiger partial charge in [-0.1, -0.05) is 29.3 Å². The number of aliphatic hydroxyl groups is 1. The number of amides is 1. The lowest BCUT2D eigenvalue weighted by atomic mass is 10.1. The maximum atomic E-state index is 12.5. The van der Waals surface area contributed by atoms with Gasteiger partial charge in [-0.15, -0.1) is 0 Å². The van der Waals surface area contributed by atoms with Crippen LogP contribution in [0.4, 0.5) is 5.69 Å². The zero-order valence-electron chi connectivity index (χ0n) is 16.0. The van der Waals surface area contributed by atoms with Gasteiger partial charge >= 0.3 is 0 Å². The Balaban J connectivity index is 1.74. The van der Waals surface area contributed by atoms with E-state index >= 15 is 0 Å². The van der Waals surface area contributed by atoms with Crippen molar-refractivity contribution in [3.8, 4) is 11.3 Å². The van der Waals surface area contributed by atoms with Crippen molar-refractivity contribution in [3.05, 3.63) is 76.5 Å². The van der Waals surface area contributed by atoms with E-state index in [1.165, 1.54) is 0 Å². The molecule has 3 rings (SSSR count). The van der Waals surface area contributed by atoms with E-state index in [2.05, 4.69) is 10.6 Å². The van der Waals surface area contributed by atoms with Gasteiger partial charge in [-0.3, -0.25) is 10.1 Å². The van der Waals surface area contributed by atoms with Crippen LogP contribution in [-0.2, 0) is 6.61 Å². The summed E-state index contributed by atoms with van der Waals surface area (Å²) in [7, 11) is 0. The van der Waals surface area contributed by atoms with Crippen LogP contribution in [0.1, 0.15) is 32.8 Å². The summed E-state index contributed by atoms with van der Waals surface area (Å²) in [5.74, 6) is 0.898. The molecule has 1 heterocycles. The number of aliphatic hydroxyl groups excluding tert-OH is 1. The first-order valence-corrected chi connectivity index (χ1v) is 9.28. The molecule has 3 N–H and O–H groups in total. The second-order valence-electron chi connectivity index (χ2n) is 6.74. The number of rotatable bonds is 4. The number of carbonyl (C=O) groups excluding carboxylic acids is 1. The topological polar surface area (TPSA) is 74.5 Å². The van der Waals surface area contributed by atoms with Gasteiger partial charge in [0.25, 0.3) is 5.91 Å². The van der Waals surface area contributed by atoms with Crippen molar-refractivity contribution in [3.63, 3.8) is 0 Å². The summed E-state index contributed by atoms with van der Waals surface area (Å²) >= 11 is 5.32.